The Bertz CT molecular complexity index is 1180. The van der Waals surface area contributed by atoms with Crippen molar-refractivity contribution in [3.8, 4) is 17.3 Å². The zero-order valence-corrected chi connectivity index (χ0v) is 16.7. The maximum Gasteiger partial charge on any atom is 0.264 e. The van der Waals surface area contributed by atoms with Gasteiger partial charge in [-0.05, 0) is 60.6 Å². The van der Waals surface area contributed by atoms with Crippen LogP contribution in [0.5, 0.6) is 0 Å². The van der Waals surface area contributed by atoms with E-state index in [0.29, 0.717) is 22.0 Å². The molecule has 0 saturated carbocycles. The minimum Gasteiger partial charge on any atom is -0.611 e. The highest BCUT2D eigenvalue weighted by Gasteiger charge is 2.35. The molecule has 1 unspecified atom stereocenters. The summed E-state index contributed by atoms with van der Waals surface area (Å²) in [4.78, 5) is 3.68. The number of hydrogen-bond donors (Lipinski definition) is 1. The monoisotopic (exact) mass is 411 g/mol. The fourth-order valence-electron chi connectivity index (χ4n) is 3.18. The Hall–Kier alpha value is -2.73. The molecule has 1 N–H and O–H groups in total. The first-order valence-electron chi connectivity index (χ1n) is 8.61. The summed E-state index contributed by atoms with van der Waals surface area (Å²) in [5.41, 5.74) is 3.23. The molecule has 28 heavy (non-hydrogen) atoms. The maximum absolute atomic E-state index is 13.2. The van der Waals surface area contributed by atoms with Crippen molar-refractivity contribution in [3.05, 3.63) is 65.9 Å². The van der Waals surface area contributed by atoms with Gasteiger partial charge >= 0.3 is 0 Å². The molecule has 1 atom stereocenters. The third-order valence-corrected chi connectivity index (χ3v) is 7.90. The van der Waals surface area contributed by atoms with Crippen LogP contribution in [0.4, 0.5) is 5.69 Å². The zero-order chi connectivity index (χ0) is 19.9. The van der Waals surface area contributed by atoms with Crippen LogP contribution in [0.2, 0.25) is 0 Å². The lowest BCUT2D eigenvalue weighted by molar-refractivity contribution is 0.583. The molecule has 0 amide bonds. The second-order valence-corrected chi connectivity index (χ2v) is 9.92. The van der Waals surface area contributed by atoms with E-state index in [-0.39, 0.29) is 17.2 Å². The van der Waals surface area contributed by atoms with Crippen molar-refractivity contribution in [3.63, 3.8) is 0 Å². The minimum absolute atomic E-state index is 0.146. The molecule has 0 bridgehead atoms. The molecule has 0 spiro atoms. The van der Waals surface area contributed by atoms with Gasteiger partial charge in [-0.3, -0.25) is 4.31 Å². The van der Waals surface area contributed by atoms with E-state index in [1.54, 1.807) is 54.6 Å². The van der Waals surface area contributed by atoms with Crippen LogP contribution in [0.3, 0.4) is 0 Å². The average Bonchev–Trinajstić information content (AvgIpc) is 3.17. The normalized spacial score (nSPS) is 16.5. The third kappa shape index (κ3) is 3.18. The van der Waals surface area contributed by atoms with Gasteiger partial charge in [-0.1, -0.05) is 17.7 Å². The van der Waals surface area contributed by atoms with Crippen LogP contribution in [-0.2, 0) is 21.2 Å². The van der Waals surface area contributed by atoms with Gasteiger partial charge in [0.25, 0.3) is 10.0 Å². The second kappa shape index (κ2) is 7.02. The molecular formula is C20H17N3O3S2. The van der Waals surface area contributed by atoms with E-state index in [1.807, 2.05) is 13.0 Å². The van der Waals surface area contributed by atoms with Crippen LogP contribution in [0.15, 0.2) is 64.4 Å². The third-order valence-electron chi connectivity index (χ3n) is 4.68. The van der Waals surface area contributed by atoms with Gasteiger partial charge in [-0.2, -0.15) is 5.26 Å². The number of hydrogen-bond acceptors (Lipinski definition) is 4. The average molecular weight is 412 g/mol. The molecule has 1 aliphatic rings. The first kappa shape index (κ1) is 18.6. The molecule has 0 saturated heterocycles. The summed E-state index contributed by atoms with van der Waals surface area (Å²) in [6, 6.07) is 17.3. The topological polar surface area (TPSA) is 100 Å². The summed E-state index contributed by atoms with van der Waals surface area (Å²) >= 11 is -1.26. The van der Waals surface area contributed by atoms with Crippen molar-refractivity contribution in [2.75, 3.05) is 16.6 Å². The van der Waals surface area contributed by atoms with Crippen molar-refractivity contribution in [1.82, 2.24) is 4.98 Å². The van der Waals surface area contributed by atoms with E-state index in [9.17, 15) is 13.0 Å². The number of aromatic nitrogens is 1. The smallest absolute Gasteiger partial charge is 0.264 e. The van der Waals surface area contributed by atoms with Crippen LogP contribution < -0.4 is 4.31 Å². The Balaban J connectivity index is 1.82. The molecule has 142 valence electrons. The van der Waals surface area contributed by atoms with Crippen LogP contribution in [0.25, 0.3) is 11.3 Å². The number of nitriles is 1. The standard InChI is InChI=1S/C20H17N3O3S2/c1-14-2-6-17(7-3-14)28(25,26)23-10-11-27(24)20-9-4-15(12-19(20)23)18-8-5-16(13-21)22-18/h2-9,12,22H,10-11H2,1H3. The summed E-state index contributed by atoms with van der Waals surface area (Å²) in [6.45, 7) is 2.04. The fourth-order valence-corrected chi connectivity index (χ4v) is 6.02. The summed E-state index contributed by atoms with van der Waals surface area (Å²) in [6.07, 6.45) is 0. The first-order valence-corrected chi connectivity index (χ1v) is 11.4. The number of aromatic amines is 1. The molecule has 6 nitrogen and oxygen atoms in total. The Labute approximate surface area is 166 Å². The van der Waals surface area contributed by atoms with E-state index in [0.717, 1.165) is 11.1 Å². The van der Waals surface area contributed by atoms with E-state index in [2.05, 4.69) is 4.98 Å². The SMILES string of the molecule is Cc1ccc(S(=O)(=O)N2CC[S+]([O-])c3ccc(-c4ccc(C#N)[nH]4)cc32)cc1. The number of aryl methyl sites for hydroxylation is 1. The molecule has 3 aromatic rings. The van der Waals surface area contributed by atoms with E-state index < -0.39 is 21.2 Å². The first-order chi connectivity index (χ1) is 13.4. The summed E-state index contributed by atoms with van der Waals surface area (Å²) in [7, 11) is -3.78. The van der Waals surface area contributed by atoms with Crippen LogP contribution in [-0.4, -0.2) is 30.3 Å². The fraction of sp³-hybridized carbons (Fsp3) is 0.150. The van der Waals surface area contributed by atoms with Gasteiger partial charge in [0.1, 0.15) is 23.2 Å². The molecular weight excluding hydrogens is 394 g/mol. The van der Waals surface area contributed by atoms with Gasteiger partial charge in [0, 0.05) is 11.3 Å². The summed E-state index contributed by atoms with van der Waals surface area (Å²) in [5, 5.41) is 9.01. The lowest BCUT2D eigenvalue weighted by Crippen LogP contribution is -2.39. The quantitative estimate of drug-likeness (QED) is 0.669. The van der Waals surface area contributed by atoms with Gasteiger partial charge in [-0.25, -0.2) is 8.42 Å². The minimum atomic E-state index is -3.78. The van der Waals surface area contributed by atoms with Crippen molar-refractivity contribution < 1.29 is 13.0 Å². The molecule has 2 heterocycles. The molecule has 4 rings (SSSR count). The van der Waals surface area contributed by atoms with Crippen molar-refractivity contribution in [2.24, 2.45) is 0 Å². The Morgan fingerprint density at radius 3 is 2.57 bits per heavy atom. The predicted octanol–water partition coefficient (Wildman–Crippen LogP) is 3.18. The van der Waals surface area contributed by atoms with E-state index >= 15 is 0 Å². The lowest BCUT2D eigenvalue weighted by atomic mass is 10.1. The number of nitrogens with zero attached hydrogens (tertiary/aromatic N) is 2. The van der Waals surface area contributed by atoms with Gasteiger partial charge in [0.15, 0.2) is 4.90 Å². The molecule has 1 aromatic heterocycles. The number of sulfonamides is 1. The lowest BCUT2D eigenvalue weighted by Gasteiger charge is -2.31. The highest BCUT2D eigenvalue weighted by molar-refractivity contribution is 7.94. The van der Waals surface area contributed by atoms with E-state index in [4.69, 9.17) is 5.26 Å². The van der Waals surface area contributed by atoms with Crippen LogP contribution in [0, 0.1) is 18.3 Å². The Kier molecular flexibility index (Phi) is 4.67. The summed E-state index contributed by atoms with van der Waals surface area (Å²) in [5.74, 6) is 0.249. The largest absolute Gasteiger partial charge is 0.611 e. The number of fused-ring (bicyclic) bond motifs is 1. The summed E-state index contributed by atoms with van der Waals surface area (Å²) < 4.78 is 40.3. The van der Waals surface area contributed by atoms with Crippen LogP contribution in [0.1, 0.15) is 11.3 Å². The molecule has 0 radical (unpaired) electrons. The number of benzene rings is 2. The van der Waals surface area contributed by atoms with Crippen molar-refractivity contribution in [2.45, 2.75) is 16.7 Å². The highest BCUT2D eigenvalue weighted by Crippen LogP contribution is 2.37. The van der Waals surface area contributed by atoms with Gasteiger partial charge in [0.2, 0.25) is 0 Å². The number of rotatable bonds is 3. The second-order valence-electron chi connectivity index (χ2n) is 6.52. The predicted molar refractivity (Wildman–Crippen MR) is 108 cm³/mol. The van der Waals surface area contributed by atoms with Crippen molar-refractivity contribution >= 4 is 26.9 Å². The molecule has 0 aliphatic carbocycles. The maximum atomic E-state index is 13.2. The van der Waals surface area contributed by atoms with E-state index in [1.165, 1.54) is 4.31 Å². The Morgan fingerprint density at radius 1 is 1.14 bits per heavy atom. The molecule has 8 heteroatoms. The molecule has 0 fully saturated rings. The Morgan fingerprint density at radius 2 is 1.89 bits per heavy atom. The van der Waals surface area contributed by atoms with Gasteiger partial charge in [0.05, 0.1) is 11.4 Å². The van der Waals surface area contributed by atoms with Gasteiger partial charge < -0.3 is 9.54 Å². The highest BCUT2D eigenvalue weighted by atomic mass is 32.2. The molecule has 1 aliphatic heterocycles. The molecule has 2 aromatic carbocycles. The number of anilines is 1. The number of nitrogens with one attached hydrogen (secondary N) is 1. The number of H-pyrrole nitrogens is 1. The van der Waals surface area contributed by atoms with Crippen LogP contribution >= 0.6 is 0 Å². The zero-order valence-electron chi connectivity index (χ0n) is 15.0. The van der Waals surface area contributed by atoms with Gasteiger partial charge in [-0.15, -0.1) is 0 Å². The van der Waals surface area contributed by atoms with Crippen molar-refractivity contribution in [1.29, 1.82) is 5.26 Å².